The number of carbonyl (C=O) groups excluding carboxylic acids is 2. The Labute approximate surface area is 337 Å². The van der Waals surface area contributed by atoms with Crippen LogP contribution >= 0.6 is 31.9 Å². The molecule has 6 aromatic rings. The number of ether oxygens (including phenoxy) is 2. The largest absolute Gasteiger partial charge is 0.444 e. The highest BCUT2D eigenvalue weighted by atomic mass is 79.9. The van der Waals surface area contributed by atoms with Crippen molar-refractivity contribution < 1.29 is 36.6 Å². The molecular formula is C40H40Br2F4N6O4. The number of benzene rings is 2. The maximum Gasteiger partial charge on any atom is 0.408 e. The summed E-state index contributed by atoms with van der Waals surface area (Å²) in [6.07, 6.45) is 2.50. The van der Waals surface area contributed by atoms with Crippen LogP contribution in [-0.2, 0) is 22.3 Å². The summed E-state index contributed by atoms with van der Waals surface area (Å²) in [4.78, 5) is 40.0. The zero-order valence-corrected chi connectivity index (χ0v) is 34.5. The molecule has 0 saturated heterocycles. The highest BCUT2D eigenvalue weighted by Crippen LogP contribution is 2.30. The number of nitrogens with zero attached hydrogens (tertiary/aromatic N) is 2. The summed E-state index contributed by atoms with van der Waals surface area (Å²) < 4.78 is 66.5. The summed E-state index contributed by atoms with van der Waals surface area (Å²) in [7, 11) is 0. The van der Waals surface area contributed by atoms with E-state index in [2.05, 4.69) is 62.4 Å². The Bertz CT molecular complexity index is 2150. The number of aromatic amines is 2. The van der Waals surface area contributed by atoms with Gasteiger partial charge in [0, 0.05) is 33.5 Å². The van der Waals surface area contributed by atoms with Gasteiger partial charge in [0.1, 0.15) is 34.5 Å². The third-order valence-corrected chi connectivity index (χ3v) is 9.06. The van der Waals surface area contributed by atoms with Crippen LogP contribution in [0.25, 0.3) is 22.1 Å². The fourth-order valence-electron chi connectivity index (χ4n) is 5.69. The van der Waals surface area contributed by atoms with Crippen LogP contribution in [0.3, 0.4) is 0 Å². The molecule has 2 atom stereocenters. The Morgan fingerprint density at radius 1 is 0.625 bits per heavy atom. The average molecular weight is 905 g/mol. The second-order valence-electron chi connectivity index (χ2n) is 14.9. The molecule has 0 unspecified atom stereocenters. The summed E-state index contributed by atoms with van der Waals surface area (Å²) in [6.45, 7) is 10.5. The molecule has 0 saturated carbocycles. The van der Waals surface area contributed by atoms with Crippen LogP contribution in [0.2, 0.25) is 0 Å². The molecule has 0 aliphatic carbocycles. The number of halogens is 6. The number of H-pyrrole nitrogens is 2. The van der Waals surface area contributed by atoms with E-state index in [1.807, 2.05) is 12.1 Å². The van der Waals surface area contributed by atoms with Gasteiger partial charge in [0.05, 0.1) is 45.5 Å². The molecule has 0 radical (unpaired) electrons. The summed E-state index contributed by atoms with van der Waals surface area (Å²) in [5, 5.41) is 5.53. The molecule has 56 heavy (non-hydrogen) atoms. The van der Waals surface area contributed by atoms with E-state index in [4.69, 9.17) is 9.47 Å². The lowest BCUT2D eigenvalue weighted by Crippen LogP contribution is -2.36. The van der Waals surface area contributed by atoms with E-state index in [0.29, 0.717) is 42.5 Å². The van der Waals surface area contributed by atoms with Gasteiger partial charge in [0.15, 0.2) is 0 Å². The second kappa shape index (κ2) is 17.5. The smallest absolute Gasteiger partial charge is 0.408 e. The lowest BCUT2D eigenvalue weighted by molar-refractivity contribution is 0.0490. The Morgan fingerprint density at radius 2 is 0.964 bits per heavy atom. The number of fused-ring (bicyclic) bond motifs is 2. The SMILES string of the molecule is CC(C)(C)OC(=O)N[C@@H](Cc1cc(F)cc(F)c1)c1nc2cc[nH]c2cc1Br.CC(C)(C)OC(=O)N[C@H](Cc1cc(F)cc(F)c1)c1nc2cc[nH]c2cc1Br. The summed E-state index contributed by atoms with van der Waals surface area (Å²) in [6, 6.07) is 12.5. The van der Waals surface area contributed by atoms with Crippen molar-refractivity contribution in [2.45, 2.75) is 77.7 Å². The zero-order valence-electron chi connectivity index (χ0n) is 31.3. The predicted molar refractivity (Wildman–Crippen MR) is 212 cm³/mol. The number of aromatic nitrogens is 4. The van der Waals surface area contributed by atoms with Crippen LogP contribution in [0.15, 0.2) is 82.0 Å². The van der Waals surface area contributed by atoms with Gasteiger partial charge in [-0.25, -0.2) is 37.1 Å². The first kappa shape index (κ1) is 42.2. The van der Waals surface area contributed by atoms with Gasteiger partial charge in [-0.1, -0.05) is 0 Å². The van der Waals surface area contributed by atoms with Gasteiger partial charge in [-0.3, -0.25) is 0 Å². The minimum atomic E-state index is -0.686. The molecule has 4 aromatic heterocycles. The molecule has 2 aromatic carbocycles. The van der Waals surface area contributed by atoms with Gasteiger partial charge < -0.3 is 30.1 Å². The number of nitrogens with one attached hydrogen (secondary N) is 4. The molecule has 2 amide bonds. The third kappa shape index (κ3) is 12.0. The monoisotopic (exact) mass is 902 g/mol. The Balaban J connectivity index is 0.000000214. The maximum atomic E-state index is 13.6. The molecule has 0 spiro atoms. The van der Waals surface area contributed by atoms with Gasteiger partial charge in [-0.15, -0.1) is 0 Å². The molecular weight excluding hydrogens is 864 g/mol. The van der Waals surface area contributed by atoms with Crippen LogP contribution in [0, 0.1) is 23.3 Å². The summed E-state index contributed by atoms with van der Waals surface area (Å²) in [5.41, 5.74) is 3.53. The molecule has 16 heteroatoms. The van der Waals surface area contributed by atoms with Gasteiger partial charge in [0.2, 0.25) is 0 Å². The van der Waals surface area contributed by atoms with Crippen LogP contribution in [0.1, 0.15) is 76.1 Å². The molecule has 4 N–H and O–H groups in total. The van der Waals surface area contributed by atoms with Gasteiger partial charge in [0.25, 0.3) is 0 Å². The van der Waals surface area contributed by atoms with E-state index >= 15 is 0 Å². The van der Waals surface area contributed by atoms with Crippen molar-refractivity contribution in [3.8, 4) is 0 Å². The first-order valence-corrected chi connectivity index (χ1v) is 19.0. The standard InChI is InChI=1S/2C20H20BrF2N3O2/c2*1-20(2,3)28-19(27)26-17(8-11-6-12(22)9-13(23)7-11)18-14(21)10-16-15(25-18)4-5-24-16/h2*4-7,9-10,17,24H,8H2,1-3H3,(H,26,27)/t2*17-/m10/s1. The Kier molecular flexibility index (Phi) is 13.1. The lowest BCUT2D eigenvalue weighted by atomic mass is 10.0. The molecule has 296 valence electrons. The molecule has 0 aliphatic rings. The van der Waals surface area contributed by atoms with Crippen LogP contribution < -0.4 is 10.6 Å². The van der Waals surface area contributed by atoms with Crippen molar-refractivity contribution in [2.75, 3.05) is 0 Å². The first-order valence-electron chi connectivity index (χ1n) is 17.4. The van der Waals surface area contributed by atoms with E-state index in [-0.39, 0.29) is 12.8 Å². The molecule has 6 rings (SSSR count). The second-order valence-corrected chi connectivity index (χ2v) is 16.6. The number of hydrogen-bond acceptors (Lipinski definition) is 6. The average Bonchev–Trinajstić information content (AvgIpc) is 3.69. The topological polar surface area (TPSA) is 134 Å². The van der Waals surface area contributed by atoms with Gasteiger partial charge in [-0.2, -0.15) is 0 Å². The minimum Gasteiger partial charge on any atom is -0.444 e. The highest BCUT2D eigenvalue weighted by Gasteiger charge is 2.26. The Hall–Kier alpha value is -4.96. The molecule has 0 fully saturated rings. The number of alkyl carbamates (subject to hydrolysis) is 2. The number of amides is 2. The van der Waals surface area contributed by atoms with Crippen molar-refractivity contribution in [2.24, 2.45) is 0 Å². The van der Waals surface area contributed by atoms with Crippen LogP contribution in [-0.4, -0.2) is 43.3 Å². The number of rotatable bonds is 8. The maximum absolute atomic E-state index is 13.6. The molecule has 4 heterocycles. The first-order chi connectivity index (χ1) is 26.2. The molecule has 0 bridgehead atoms. The number of hydrogen-bond donors (Lipinski definition) is 4. The van der Waals surface area contributed by atoms with E-state index < -0.39 is 58.7 Å². The predicted octanol–water partition coefficient (Wildman–Crippen LogP) is 10.8. The van der Waals surface area contributed by atoms with Crippen molar-refractivity contribution in [3.63, 3.8) is 0 Å². The summed E-state index contributed by atoms with van der Waals surface area (Å²) in [5.74, 6) is -2.73. The van der Waals surface area contributed by atoms with E-state index in [0.717, 1.165) is 23.2 Å². The van der Waals surface area contributed by atoms with E-state index in [1.165, 1.54) is 24.3 Å². The van der Waals surface area contributed by atoms with Gasteiger partial charge in [-0.05, 0) is 146 Å². The highest BCUT2D eigenvalue weighted by molar-refractivity contribution is 9.10. The van der Waals surface area contributed by atoms with E-state index in [9.17, 15) is 27.2 Å². The zero-order chi connectivity index (χ0) is 40.9. The molecule has 0 aliphatic heterocycles. The quantitative estimate of drug-likeness (QED) is 0.112. The fourth-order valence-corrected chi connectivity index (χ4v) is 6.88. The lowest BCUT2D eigenvalue weighted by Gasteiger charge is -2.24. The van der Waals surface area contributed by atoms with Crippen molar-refractivity contribution in [1.82, 2.24) is 30.6 Å². The number of carbonyl (C=O) groups is 2. The van der Waals surface area contributed by atoms with Crippen LogP contribution in [0.4, 0.5) is 27.2 Å². The van der Waals surface area contributed by atoms with E-state index in [1.54, 1.807) is 66.1 Å². The third-order valence-electron chi connectivity index (χ3n) is 7.79. The van der Waals surface area contributed by atoms with Crippen molar-refractivity contribution in [3.05, 3.63) is 128 Å². The fraction of sp³-hybridized carbons (Fsp3) is 0.300. The van der Waals surface area contributed by atoms with Gasteiger partial charge >= 0.3 is 12.2 Å². The van der Waals surface area contributed by atoms with Crippen LogP contribution in [0.5, 0.6) is 0 Å². The van der Waals surface area contributed by atoms with Crippen molar-refractivity contribution in [1.29, 1.82) is 0 Å². The normalized spacial score (nSPS) is 12.8. The minimum absolute atomic E-state index is 0.134. The molecule has 10 nitrogen and oxygen atoms in total. The summed E-state index contributed by atoms with van der Waals surface area (Å²) >= 11 is 6.95. The number of pyridine rings is 2. The Morgan fingerprint density at radius 3 is 1.29 bits per heavy atom. The van der Waals surface area contributed by atoms with Crippen molar-refractivity contribution >= 4 is 66.1 Å².